The van der Waals surface area contributed by atoms with Gasteiger partial charge in [-0.05, 0) is 66.1 Å². The van der Waals surface area contributed by atoms with E-state index >= 15 is 0 Å². The van der Waals surface area contributed by atoms with Crippen LogP contribution in [0.2, 0.25) is 0 Å². The summed E-state index contributed by atoms with van der Waals surface area (Å²) >= 11 is 3.69. The summed E-state index contributed by atoms with van der Waals surface area (Å²) in [4.78, 5) is 19.3. The van der Waals surface area contributed by atoms with E-state index in [0.717, 1.165) is 43.7 Å². The maximum atomic E-state index is 4.93. The van der Waals surface area contributed by atoms with E-state index in [1.165, 1.54) is 10.8 Å². The lowest BCUT2D eigenvalue weighted by Crippen LogP contribution is -2.02. The molecule has 0 saturated heterocycles. The van der Waals surface area contributed by atoms with Crippen molar-refractivity contribution in [2.45, 2.75) is 13.8 Å². The first-order chi connectivity index (χ1) is 18.0. The van der Waals surface area contributed by atoms with E-state index in [-0.39, 0.29) is 0 Å². The monoisotopic (exact) mass is 542 g/mol. The summed E-state index contributed by atoms with van der Waals surface area (Å²) < 4.78 is 1.04. The van der Waals surface area contributed by atoms with E-state index in [4.69, 9.17) is 15.0 Å². The summed E-state index contributed by atoms with van der Waals surface area (Å²) in [6, 6.07) is 35.2. The normalized spacial score (nSPS) is 11.1. The summed E-state index contributed by atoms with van der Waals surface area (Å²) in [5, 5.41) is 2.39. The molecule has 0 spiro atoms. The smallest absolute Gasteiger partial charge is 0.165 e. The lowest BCUT2D eigenvalue weighted by Gasteiger charge is -2.12. The molecule has 0 unspecified atom stereocenters. The highest BCUT2D eigenvalue weighted by atomic mass is 79.9. The van der Waals surface area contributed by atoms with Crippen LogP contribution in [0.25, 0.3) is 56.1 Å². The number of pyridine rings is 1. The Morgan fingerprint density at radius 1 is 0.514 bits per heavy atom. The van der Waals surface area contributed by atoms with Crippen molar-refractivity contribution in [3.05, 3.63) is 119 Å². The Morgan fingerprint density at radius 3 is 2.00 bits per heavy atom. The number of aromatic nitrogens is 4. The predicted octanol–water partition coefficient (Wildman–Crippen LogP) is 8.47. The van der Waals surface area contributed by atoms with E-state index in [1.54, 1.807) is 0 Å². The number of aryl methyl sites for hydroxylation is 2. The van der Waals surface area contributed by atoms with Gasteiger partial charge in [-0.2, -0.15) is 0 Å². The molecule has 6 aromatic rings. The molecule has 0 fully saturated rings. The Bertz CT molecular complexity index is 1760. The molecule has 5 heteroatoms. The second-order valence-corrected chi connectivity index (χ2v) is 9.93. The quantitative estimate of drug-likeness (QED) is 0.224. The molecule has 0 bridgehead atoms. The minimum Gasteiger partial charge on any atom is -0.258 e. The molecule has 0 aliphatic rings. The molecule has 178 valence electrons. The highest BCUT2D eigenvalue weighted by molar-refractivity contribution is 9.10. The van der Waals surface area contributed by atoms with Crippen molar-refractivity contribution in [3.63, 3.8) is 0 Å². The molecule has 0 saturated carbocycles. The van der Waals surface area contributed by atoms with Crippen LogP contribution in [0, 0.1) is 13.8 Å². The summed E-state index contributed by atoms with van der Waals surface area (Å²) in [5.41, 5.74) is 6.90. The minimum absolute atomic E-state index is 0.618. The standard InChI is InChI=1S/C32H23BrN4/c1-20-15-16-27(21(2)34-20)32-36-30(22-9-4-3-5-10-22)35-31(37-32)25-13-8-12-23(17-25)29-19-26(33)18-24-11-6-7-14-28(24)29/h3-19H,1-2H3. The van der Waals surface area contributed by atoms with Gasteiger partial charge in [-0.3, -0.25) is 4.98 Å². The Labute approximate surface area is 224 Å². The topological polar surface area (TPSA) is 51.6 Å². The van der Waals surface area contributed by atoms with E-state index in [9.17, 15) is 0 Å². The highest BCUT2D eigenvalue weighted by Crippen LogP contribution is 2.34. The Kier molecular flexibility index (Phi) is 6.07. The van der Waals surface area contributed by atoms with Crippen molar-refractivity contribution in [1.82, 2.24) is 19.9 Å². The summed E-state index contributed by atoms with van der Waals surface area (Å²) in [6.07, 6.45) is 0. The zero-order valence-corrected chi connectivity index (χ0v) is 22.1. The average Bonchev–Trinajstić information content (AvgIpc) is 2.93. The maximum Gasteiger partial charge on any atom is 0.165 e. The van der Waals surface area contributed by atoms with Gasteiger partial charge in [0.2, 0.25) is 0 Å². The number of hydrogen-bond donors (Lipinski definition) is 0. The largest absolute Gasteiger partial charge is 0.258 e. The molecule has 0 radical (unpaired) electrons. The molecule has 2 aromatic heterocycles. The van der Waals surface area contributed by atoms with Gasteiger partial charge in [-0.15, -0.1) is 0 Å². The number of rotatable bonds is 4. The third kappa shape index (κ3) is 4.66. The molecular weight excluding hydrogens is 520 g/mol. The van der Waals surface area contributed by atoms with Crippen molar-refractivity contribution in [2.75, 3.05) is 0 Å². The molecule has 0 atom stereocenters. The number of halogens is 1. The zero-order chi connectivity index (χ0) is 25.4. The molecule has 37 heavy (non-hydrogen) atoms. The third-order valence-electron chi connectivity index (χ3n) is 6.39. The Morgan fingerprint density at radius 2 is 1.19 bits per heavy atom. The van der Waals surface area contributed by atoms with Crippen LogP contribution in [-0.4, -0.2) is 19.9 Å². The molecule has 4 aromatic carbocycles. The van der Waals surface area contributed by atoms with Gasteiger partial charge >= 0.3 is 0 Å². The van der Waals surface area contributed by atoms with Gasteiger partial charge in [0.05, 0.1) is 0 Å². The minimum atomic E-state index is 0.618. The van der Waals surface area contributed by atoms with Crippen LogP contribution in [0.15, 0.2) is 108 Å². The van der Waals surface area contributed by atoms with Crippen LogP contribution in [-0.2, 0) is 0 Å². The molecule has 0 N–H and O–H groups in total. The number of fused-ring (bicyclic) bond motifs is 1. The molecule has 0 aliphatic carbocycles. The number of benzene rings is 4. The van der Waals surface area contributed by atoms with Crippen LogP contribution < -0.4 is 0 Å². The van der Waals surface area contributed by atoms with Crippen molar-refractivity contribution in [2.24, 2.45) is 0 Å². The van der Waals surface area contributed by atoms with Crippen molar-refractivity contribution in [1.29, 1.82) is 0 Å². The molecule has 2 heterocycles. The van der Waals surface area contributed by atoms with Gasteiger partial charge in [-0.1, -0.05) is 88.7 Å². The van der Waals surface area contributed by atoms with Gasteiger partial charge in [0.25, 0.3) is 0 Å². The average molecular weight is 543 g/mol. The van der Waals surface area contributed by atoms with Gasteiger partial charge in [0, 0.05) is 32.6 Å². The van der Waals surface area contributed by atoms with Crippen LogP contribution in [0.3, 0.4) is 0 Å². The van der Waals surface area contributed by atoms with Crippen molar-refractivity contribution in [3.8, 4) is 45.3 Å². The lowest BCUT2D eigenvalue weighted by molar-refractivity contribution is 1.05. The first-order valence-electron chi connectivity index (χ1n) is 12.1. The molecule has 6 rings (SSSR count). The predicted molar refractivity (Wildman–Crippen MR) is 154 cm³/mol. The van der Waals surface area contributed by atoms with Crippen molar-refractivity contribution >= 4 is 26.7 Å². The summed E-state index contributed by atoms with van der Waals surface area (Å²) in [5.74, 6) is 1.89. The highest BCUT2D eigenvalue weighted by Gasteiger charge is 2.15. The van der Waals surface area contributed by atoms with Crippen LogP contribution in [0.1, 0.15) is 11.4 Å². The molecule has 4 nitrogen and oxygen atoms in total. The molecule has 0 amide bonds. The van der Waals surface area contributed by atoms with E-state index in [1.807, 2.05) is 56.3 Å². The first-order valence-corrected chi connectivity index (χ1v) is 12.9. The molecular formula is C32H23BrN4. The Hall–Kier alpha value is -4.22. The first kappa shape index (κ1) is 23.2. The SMILES string of the molecule is Cc1ccc(-c2nc(-c3ccccc3)nc(-c3cccc(-c4cc(Br)cc5ccccc45)c3)n2)c(C)n1. The Balaban J connectivity index is 1.54. The van der Waals surface area contributed by atoms with Crippen LogP contribution >= 0.6 is 15.9 Å². The van der Waals surface area contributed by atoms with E-state index in [0.29, 0.717) is 17.5 Å². The maximum absolute atomic E-state index is 4.93. The van der Waals surface area contributed by atoms with Gasteiger partial charge in [-0.25, -0.2) is 15.0 Å². The fraction of sp³-hybridized carbons (Fsp3) is 0.0625. The fourth-order valence-electron chi connectivity index (χ4n) is 4.60. The third-order valence-corrected chi connectivity index (χ3v) is 6.85. The number of hydrogen-bond acceptors (Lipinski definition) is 4. The van der Waals surface area contributed by atoms with Gasteiger partial charge in [0.15, 0.2) is 17.5 Å². The van der Waals surface area contributed by atoms with Crippen molar-refractivity contribution < 1.29 is 0 Å². The van der Waals surface area contributed by atoms with Gasteiger partial charge in [0.1, 0.15) is 0 Å². The van der Waals surface area contributed by atoms with Crippen LogP contribution in [0.4, 0.5) is 0 Å². The van der Waals surface area contributed by atoms with E-state index < -0.39 is 0 Å². The second kappa shape index (κ2) is 9.68. The van der Waals surface area contributed by atoms with Crippen LogP contribution in [0.5, 0.6) is 0 Å². The zero-order valence-electron chi connectivity index (χ0n) is 20.5. The summed E-state index contributed by atoms with van der Waals surface area (Å²) in [7, 11) is 0. The van der Waals surface area contributed by atoms with Gasteiger partial charge < -0.3 is 0 Å². The second-order valence-electron chi connectivity index (χ2n) is 9.01. The van der Waals surface area contributed by atoms with E-state index in [2.05, 4.69) is 81.6 Å². The summed E-state index contributed by atoms with van der Waals surface area (Å²) in [6.45, 7) is 3.98. The fourth-order valence-corrected chi connectivity index (χ4v) is 5.08. The molecule has 0 aliphatic heterocycles. The number of nitrogens with zero attached hydrogens (tertiary/aromatic N) is 4. The lowest BCUT2D eigenvalue weighted by atomic mass is 9.97.